The summed E-state index contributed by atoms with van der Waals surface area (Å²) in [6.07, 6.45) is 5.11. The monoisotopic (exact) mass is 232 g/mol. The second kappa shape index (κ2) is 3.72. The SMILES string of the molecule is Cc1cc(N2C3CCC2CC3)ccc1[N+](=O)[O-]. The third-order valence-corrected chi connectivity index (χ3v) is 4.13. The summed E-state index contributed by atoms with van der Waals surface area (Å²) in [5.74, 6) is 0. The molecule has 2 fully saturated rings. The molecule has 3 rings (SSSR count). The smallest absolute Gasteiger partial charge is 0.272 e. The van der Waals surface area contributed by atoms with Crippen LogP contribution in [0, 0.1) is 17.0 Å². The van der Waals surface area contributed by atoms with E-state index in [0.29, 0.717) is 12.1 Å². The standard InChI is InChI=1S/C13H16N2O2/c1-9-8-12(6-7-13(9)15(16)17)14-10-2-3-11(14)5-4-10/h6-8,10-11H,2-5H2,1H3. The van der Waals surface area contributed by atoms with E-state index in [-0.39, 0.29) is 10.6 Å². The molecule has 17 heavy (non-hydrogen) atoms. The summed E-state index contributed by atoms with van der Waals surface area (Å²) >= 11 is 0. The minimum atomic E-state index is -0.308. The molecule has 4 heteroatoms. The molecule has 2 aliphatic heterocycles. The molecule has 0 saturated carbocycles. The highest BCUT2D eigenvalue weighted by molar-refractivity contribution is 5.57. The number of nitro benzene ring substituents is 1. The van der Waals surface area contributed by atoms with Crippen molar-refractivity contribution in [2.45, 2.75) is 44.7 Å². The Bertz CT molecular complexity index is 452. The average Bonchev–Trinajstić information content (AvgIpc) is 2.87. The van der Waals surface area contributed by atoms with Gasteiger partial charge in [0.2, 0.25) is 0 Å². The van der Waals surface area contributed by atoms with E-state index in [0.717, 1.165) is 11.3 Å². The molecular formula is C13H16N2O2. The summed E-state index contributed by atoms with van der Waals surface area (Å²) in [4.78, 5) is 12.9. The predicted molar refractivity (Wildman–Crippen MR) is 66.4 cm³/mol. The molecule has 0 radical (unpaired) electrons. The van der Waals surface area contributed by atoms with E-state index in [4.69, 9.17) is 0 Å². The number of benzene rings is 1. The maximum atomic E-state index is 10.8. The summed E-state index contributed by atoms with van der Waals surface area (Å²) in [5.41, 5.74) is 2.15. The number of hydrogen-bond donors (Lipinski definition) is 0. The lowest BCUT2D eigenvalue weighted by atomic mass is 10.0. The molecular weight excluding hydrogens is 216 g/mol. The number of hydrogen-bond acceptors (Lipinski definition) is 3. The van der Waals surface area contributed by atoms with Gasteiger partial charge in [0.1, 0.15) is 0 Å². The highest BCUT2D eigenvalue weighted by atomic mass is 16.6. The van der Waals surface area contributed by atoms with Crippen LogP contribution in [-0.4, -0.2) is 17.0 Å². The van der Waals surface area contributed by atoms with E-state index in [9.17, 15) is 10.1 Å². The zero-order valence-electron chi connectivity index (χ0n) is 9.93. The van der Waals surface area contributed by atoms with Crippen molar-refractivity contribution in [1.29, 1.82) is 0 Å². The average molecular weight is 232 g/mol. The van der Waals surface area contributed by atoms with Crippen molar-refractivity contribution in [1.82, 2.24) is 0 Å². The topological polar surface area (TPSA) is 46.4 Å². The Morgan fingerprint density at radius 3 is 2.29 bits per heavy atom. The van der Waals surface area contributed by atoms with E-state index in [1.807, 2.05) is 19.1 Å². The highest BCUT2D eigenvalue weighted by Gasteiger charge is 2.39. The number of nitro groups is 1. The van der Waals surface area contributed by atoms with Crippen molar-refractivity contribution in [3.05, 3.63) is 33.9 Å². The van der Waals surface area contributed by atoms with Crippen LogP contribution in [0.4, 0.5) is 11.4 Å². The summed E-state index contributed by atoms with van der Waals surface area (Å²) in [7, 11) is 0. The van der Waals surface area contributed by atoms with Crippen LogP contribution in [0.15, 0.2) is 18.2 Å². The Balaban J connectivity index is 1.95. The third-order valence-electron chi connectivity index (χ3n) is 4.13. The minimum Gasteiger partial charge on any atom is -0.366 e. The number of anilines is 1. The molecule has 4 nitrogen and oxygen atoms in total. The molecule has 0 aliphatic carbocycles. The molecule has 0 atom stereocenters. The fourth-order valence-corrected chi connectivity index (χ4v) is 3.34. The van der Waals surface area contributed by atoms with Crippen molar-refractivity contribution in [3.63, 3.8) is 0 Å². The Kier molecular flexibility index (Phi) is 2.31. The molecule has 0 unspecified atom stereocenters. The van der Waals surface area contributed by atoms with Gasteiger partial charge in [0.25, 0.3) is 5.69 Å². The molecule has 0 N–H and O–H groups in total. The van der Waals surface area contributed by atoms with Gasteiger partial charge in [-0.25, -0.2) is 0 Å². The minimum absolute atomic E-state index is 0.222. The molecule has 0 amide bonds. The summed E-state index contributed by atoms with van der Waals surface area (Å²) in [6, 6.07) is 6.85. The van der Waals surface area contributed by atoms with Crippen LogP contribution in [0.2, 0.25) is 0 Å². The lowest BCUT2D eigenvalue weighted by Gasteiger charge is -2.24. The largest absolute Gasteiger partial charge is 0.366 e. The van der Waals surface area contributed by atoms with Crippen molar-refractivity contribution in [3.8, 4) is 0 Å². The second-order valence-corrected chi connectivity index (χ2v) is 5.10. The van der Waals surface area contributed by atoms with Gasteiger partial charge < -0.3 is 4.90 Å². The Hall–Kier alpha value is -1.58. The quantitative estimate of drug-likeness (QED) is 0.581. The van der Waals surface area contributed by atoms with E-state index < -0.39 is 0 Å². The van der Waals surface area contributed by atoms with E-state index >= 15 is 0 Å². The Labute approximate surface area is 100 Å². The predicted octanol–water partition coefficient (Wildman–Crippen LogP) is 3.03. The van der Waals surface area contributed by atoms with Gasteiger partial charge in [-0.15, -0.1) is 0 Å². The number of fused-ring (bicyclic) bond motifs is 2. The van der Waals surface area contributed by atoms with Crippen LogP contribution in [0.5, 0.6) is 0 Å². The normalized spacial score (nSPS) is 26.5. The van der Waals surface area contributed by atoms with Gasteiger partial charge >= 0.3 is 0 Å². The summed E-state index contributed by atoms with van der Waals surface area (Å²) in [5, 5.41) is 10.8. The van der Waals surface area contributed by atoms with Crippen molar-refractivity contribution >= 4 is 11.4 Å². The number of nitrogens with zero attached hydrogens (tertiary/aromatic N) is 2. The molecule has 0 spiro atoms. The first-order chi connectivity index (χ1) is 8.16. The first kappa shape index (κ1) is 10.6. The molecule has 2 saturated heterocycles. The lowest BCUT2D eigenvalue weighted by molar-refractivity contribution is -0.385. The van der Waals surface area contributed by atoms with Gasteiger partial charge in [0.05, 0.1) is 4.92 Å². The van der Waals surface area contributed by atoms with Gasteiger partial charge in [-0.05, 0) is 44.7 Å². The molecule has 2 aliphatic rings. The van der Waals surface area contributed by atoms with Crippen molar-refractivity contribution < 1.29 is 4.92 Å². The zero-order valence-corrected chi connectivity index (χ0v) is 9.93. The van der Waals surface area contributed by atoms with Gasteiger partial charge in [-0.3, -0.25) is 10.1 Å². The molecule has 90 valence electrons. The molecule has 2 bridgehead atoms. The Morgan fingerprint density at radius 1 is 1.24 bits per heavy atom. The van der Waals surface area contributed by atoms with Gasteiger partial charge in [-0.1, -0.05) is 0 Å². The van der Waals surface area contributed by atoms with Crippen LogP contribution in [0.25, 0.3) is 0 Å². The second-order valence-electron chi connectivity index (χ2n) is 5.10. The first-order valence-corrected chi connectivity index (χ1v) is 6.20. The van der Waals surface area contributed by atoms with Gasteiger partial charge in [-0.2, -0.15) is 0 Å². The molecule has 1 aromatic carbocycles. The van der Waals surface area contributed by atoms with Crippen molar-refractivity contribution in [2.24, 2.45) is 0 Å². The van der Waals surface area contributed by atoms with Crippen LogP contribution in [0.3, 0.4) is 0 Å². The maximum Gasteiger partial charge on any atom is 0.272 e. The molecule has 1 aromatic rings. The first-order valence-electron chi connectivity index (χ1n) is 6.20. The fourth-order valence-electron chi connectivity index (χ4n) is 3.34. The van der Waals surface area contributed by atoms with Crippen LogP contribution in [-0.2, 0) is 0 Å². The van der Waals surface area contributed by atoms with Crippen LogP contribution >= 0.6 is 0 Å². The number of aryl methyl sites for hydroxylation is 1. The third kappa shape index (κ3) is 1.59. The number of rotatable bonds is 2. The molecule has 2 heterocycles. The maximum absolute atomic E-state index is 10.8. The van der Waals surface area contributed by atoms with E-state index in [2.05, 4.69) is 4.90 Å². The summed E-state index contributed by atoms with van der Waals surface area (Å²) < 4.78 is 0. The van der Waals surface area contributed by atoms with E-state index in [1.165, 1.54) is 25.7 Å². The lowest BCUT2D eigenvalue weighted by Crippen LogP contribution is -2.27. The fraction of sp³-hybridized carbons (Fsp3) is 0.538. The van der Waals surface area contributed by atoms with E-state index in [1.54, 1.807) is 6.07 Å². The Morgan fingerprint density at radius 2 is 1.82 bits per heavy atom. The van der Waals surface area contributed by atoms with Gasteiger partial charge in [0, 0.05) is 29.4 Å². The van der Waals surface area contributed by atoms with Gasteiger partial charge in [0.15, 0.2) is 0 Å². The molecule has 0 aromatic heterocycles. The zero-order chi connectivity index (χ0) is 12.0. The highest BCUT2D eigenvalue weighted by Crippen LogP contribution is 2.41. The van der Waals surface area contributed by atoms with Crippen molar-refractivity contribution in [2.75, 3.05) is 4.90 Å². The van der Waals surface area contributed by atoms with Crippen LogP contribution < -0.4 is 4.90 Å². The van der Waals surface area contributed by atoms with Crippen LogP contribution in [0.1, 0.15) is 31.2 Å². The summed E-state index contributed by atoms with van der Waals surface area (Å²) in [6.45, 7) is 1.82.